The molecule has 1 aromatic carbocycles. The van der Waals surface area contributed by atoms with Crippen LogP contribution >= 0.6 is 11.6 Å². The van der Waals surface area contributed by atoms with Crippen molar-refractivity contribution in [2.24, 2.45) is 0 Å². The van der Waals surface area contributed by atoms with E-state index in [2.05, 4.69) is 4.74 Å². The molecule has 0 bridgehead atoms. The number of ether oxygens (including phenoxy) is 1. The van der Waals surface area contributed by atoms with Gasteiger partial charge in [-0.1, -0.05) is 23.7 Å². The zero-order chi connectivity index (χ0) is 17.2. The number of carbonyl (C=O) groups is 1. The maximum absolute atomic E-state index is 12.5. The average Bonchev–Trinajstić information content (AvgIpc) is 2.50. The summed E-state index contributed by atoms with van der Waals surface area (Å²) in [5.41, 5.74) is -0.809. The van der Waals surface area contributed by atoms with Gasteiger partial charge in [0.2, 0.25) is 0 Å². The highest BCUT2D eigenvalue weighted by atomic mass is 35.5. The Bertz CT molecular complexity index is 782. The monoisotopic (exact) mass is 345 g/mol. The molecular formula is C15H11ClF3NO3. The second-order valence-electron chi connectivity index (χ2n) is 4.70. The molecule has 2 aromatic rings. The fraction of sp³-hybridized carbons (Fsp3) is 0.200. The van der Waals surface area contributed by atoms with E-state index < -0.39 is 23.3 Å². The Balaban J connectivity index is 2.34. The molecule has 0 radical (unpaired) electrons. The summed E-state index contributed by atoms with van der Waals surface area (Å²) < 4.78 is 43.2. The third kappa shape index (κ3) is 3.92. The quantitative estimate of drug-likeness (QED) is 0.801. The number of carbonyl (C=O) groups excluding carboxylic acids is 1. The van der Waals surface area contributed by atoms with E-state index in [1.165, 1.54) is 31.5 Å². The number of hydrogen-bond donors (Lipinski definition) is 0. The Kier molecular flexibility index (Phi) is 4.79. The van der Waals surface area contributed by atoms with E-state index in [-0.39, 0.29) is 17.1 Å². The van der Waals surface area contributed by atoms with Crippen molar-refractivity contribution in [1.29, 1.82) is 0 Å². The number of hydrogen-bond acceptors (Lipinski definition) is 3. The van der Waals surface area contributed by atoms with E-state index in [9.17, 15) is 22.8 Å². The van der Waals surface area contributed by atoms with Gasteiger partial charge in [-0.3, -0.25) is 4.79 Å². The van der Waals surface area contributed by atoms with E-state index in [0.29, 0.717) is 5.56 Å². The van der Waals surface area contributed by atoms with Gasteiger partial charge in [-0.15, -0.1) is 0 Å². The maximum atomic E-state index is 12.5. The molecule has 23 heavy (non-hydrogen) atoms. The molecule has 0 aliphatic rings. The second-order valence-corrected chi connectivity index (χ2v) is 5.10. The summed E-state index contributed by atoms with van der Waals surface area (Å²) >= 11 is 5.78. The Hall–Kier alpha value is -2.28. The fourth-order valence-electron chi connectivity index (χ4n) is 1.94. The lowest BCUT2D eigenvalue weighted by molar-refractivity contribution is -0.137. The minimum Gasteiger partial charge on any atom is -0.465 e. The summed E-state index contributed by atoms with van der Waals surface area (Å²) in [6, 6.07) is 5.54. The van der Waals surface area contributed by atoms with Crippen molar-refractivity contribution in [2.45, 2.75) is 12.7 Å². The smallest absolute Gasteiger partial charge is 0.416 e. The van der Waals surface area contributed by atoms with Crippen LogP contribution in [0, 0.1) is 0 Å². The topological polar surface area (TPSA) is 48.3 Å². The number of esters is 1. The minimum atomic E-state index is -4.43. The van der Waals surface area contributed by atoms with Crippen LogP contribution < -0.4 is 5.56 Å². The van der Waals surface area contributed by atoms with Gasteiger partial charge >= 0.3 is 12.1 Å². The van der Waals surface area contributed by atoms with Gasteiger partial charge in [-0.05, 0) is 23.8 Å². The summed E-state index contributed by atoms with van der Waals surface area (Å²) in [7, 11) is 1.18. The minimum absolute atomic E-state index is 0.0263. The van der Waals surface area contributed by atoms with Crippen LogP contribution in [0.3, 0.4) is 0 Å². The first kappa shape index (κ1) is 17.1. The first-order chi connectivity index (χ1) is 10.7. The molecule has 0 spiro atoms. The van der Waals surface area contributed by atoms with Crippen LogP contribution in [0.5, 0.6) is 0 Å². The van der Waals surface area contributed by atoms with Gasteiger partial charge in [0, 0.05) is 6.20 Å². The van der Waals surface area contributed by atoms with Gasteiger partial charge in [0.15, 0.2) is 0 Å². The molecule has 1 aromatic heterocycles. The Morgan fingerprint density at radius 2 is 1.87 bits per heavy atom. The van der Waals surface area contributed by atoms with E-state index in [0.717, 1.165) is 16.7 Å². The summed E-state index contributed by atoms with van der Waals surface area (Å²) in [4.78, 5) is 23.5. The third-order valence-corrected chi connectivity index (χ3v) is 3.37. The highest BCUT2D eigenvalue weighted by molar-refractivity contribution is 6.30. The first-order valence-electron chi connectivity index (χ1n) is 6.37. The van der Waals surface area contributed by atoms with Crippen LogP contribution in [-0.2, 0) is 17.5 Å². The predicted molar refractivity (Wildman–Crippen MR) is 77.6 cm³/mol. The van der Waals surface area contributed by atoms with Crippen molar-refractivity contribution in [3.05, 3.63) is 68.6 Å². The number of halogens is 4. The zero-order valence-corrected chi connectivity index (χ0v) is 12.6. The molecule has 0 unspecified atom stereocenters. The molecule has 0 saturated heterocycles. The first-order valence-corrected chi connectivity index (χ1v) is 6.74. The lowest BCUT2D eigenvalue weighted by atomic mass is 10.1. The molecular weight excluding hydrogens is 335 g/mol. The number of methoxy groups -OCH3 is 1. The number of pyridine rings is 1. The van der Waals surface area contributed by atoms with Gasteiger partial charge in [0.25, 0.3) is 5.56 Å². The number of rotatable bonds is 3. The van der Waals surface area contributed by atoms with Gasteiger partial charge < -0.3 is 9.30 Å². The number of nitrogens with zero attached hydrogens (tertiary/aromatic N) is 1. The third-order valence-electron chi connectivity index (χ3n) is 3.10. The van der Waals surface area contributed by atoms with Crippen LogP contribution in [0.25, 0.3) is 0 Å². The largest absolute Gasteiger partial charge is 0.465 e. The lowest BCUT2D eigenvalue weighted by Gasteiger charge is -2.10. The summed E-state index contributed by atoms with van der Waals surface area (Å²) in [6.45, 7) is -0.0263. The predicted octanol–water partition coefficient (Wildman–Crippen LogP) is 3.36. The Labute approximate surface area is 134 Å². The van der Waals surface area contributed by atoms with E-state index in [1.54, 1.807) is 0 Å². The molecule has 1 heterocycles. The molecule has 0 amide bonds. The SMILES string of the molecule is COC(=O)c1cc(Cl)c(=O)n(Cc2ccc(C(F)(F)F)cc2)c1. The molecule has 122 valence electrons. The van der Waals surface area contributed by atoms with Gasteiger partial charge in [-0.25, -0.2) is 4.79 Å². The van der Waals surface area contributed by atoms with Crippen molar-refractivity contribution < 1.29 is 22.7 Å². The molecule has 4 nitrogen and oxygen atoms in total. The summed E-state index contributed by atoms with van der Waals surface area (Å²) in [5.74, 6) is -0.673. The summed E-state index contributed by atoms with van der Waals surface area (Å²) in [5, 5.41) is -0.181. The highest BCUT2D eigenvalue weighted by Crippen LogP contribution is 2.29. The number of aromatic nitrogens is 1. The second kappa shape index (κ2) is 6.45. The van der Waals surface area contributed by atoms with Crippen molar-refractivity contribution in [3.63, 3.8) is 0 Å². The summed E-state index contributed by atoms with van der Waals surface area (Å²) in [6.07, 6.45) is -3.18. The van der Waals surface area contributed by atoms with Crippen molar-refractivity contribution in [1.82, 2.24) is 4.57 Å². The van der Waals surface area contributed by atoms with Crippen LogP contribution in [0.2, 0.25) is 5.02 Å². The van der Waals surface area contributed by atoms with Gasteiger partial charge in [-0.2, -0.15) is 13.2 Å². The molecule has 0 atom stereocenters. The van der Waals surface area contributed by atoms with E-state index in [1.807, 2.05) is 0 Å². The lowest BCUT2D eigenvalue weighted by Crippen LogP contribution is -2.22. The van der Waals surface area contributed by atoms with Crippen molar-refractivity contribution in [3.8, 4) is 0 Å². The molecule has 8 heteroatoms. The molecule has 0 aliphatic heterocycles. The van der Waals surface area contributed by atoms with Crippen molar-refractivity contribution in [2.75, 3.05) is 7.11 Å². The normalized spacial score (nSPS) is 11.3. The number of benzene rings is 1. The molecule has 0 aliphatic carbocycles. The van der Waals surface area contributed by atoms with Crippen LogP contribution in [0.15, 0.2) is 41.3 Å². The van der Waals surface area contributed by atoms with Gasteiger partial charge in [0.1, 0.15) is 5.02 Å². The van der Waals surface area contributed by atoms with Crippen molar-refractivity contribution >= 4 is 17.6 Å². The maximum Gasteiger partial charge on any atom is 0.416 e. The van der Waals surface area contributed by atoms with E-state index in [4.69, 9.17) is 11.6 Å². The molecule has 0 saturated carbocycles. The van der Waals surface area contributed by atoms with Crippen LogP contribution in [-0.4, -0.2) is 17.6 Å². The van der Waals surface area contributed by atoms with E-state index >= 15 is 0 Å². The Morgan fingerprint density at radius 1 is 1.26 bits per heavy atom. The average molecular weight is 346 g/mol. The molecule has 0 N–H and O–H groups in total. The zero-order valence-electron chi connectivity index (χ0n) is 11.9. The molecule has 2 rings (SSSR count). The number of alkyl halides is 3. The van der Waals surface area contributed by atoms with Gasteiger partial charge in [0.05, 0.1) is 24.8 Å². The fourth-order valence-corrected chi connectivity index (χ4v) is 2.17. The Morgan fingerprint density at radius 3 is 2.39 bits per heavy atom. The molecule has 0 fully saturated rings. The van der Waals surface area contributed by atoms with Crippen LogP contribution in [0.4, 0.5) is 13.2 Å². The highest BCUT2D eigenvalue weighted by Gasteiger charge is 2.29. The standard InChI is InChI=1S/C15H11ClF3NO3/c1-23-14(22)10-6-12(16)13(21)20(8-10)7-9-2-4-11(5-3-9)15(17,18)19/h2-6,8H,7H2,1H3. The van der Waals surface area contributed by atoms with Crippen LogP contribution in [0.1, 0.15) is 21.5 Å².